The zero-order valence-corrected chi connectivity index (χ0v) is 10.0. The number of carbonyl (C=O) groups is 1. The Balaban J connectivity index is 4.02. The number of methoxy groups -OCH3 is 2. The van der Waals surface area contributed by atoms with E-state index in [0.717, 1.165) is 0 Å². The van der Waals surface area contributed by atoms with Crippen molar-refractivity contribution in [1.82, 2.24) is 5.32 Å². The fraction of sp³-hybridized carbons (Fsp3) is 0.900. The smallest absolute Gasteiger partial charge is 0.323 e. The van der Waals surface area contributed by atoms with Gasteiger partial charge in [0.1, 0.15) is 6.04 Å². The Morgan fingerprint density at radius 1 is 1.44 bits per heavy atom. The van der Waals surface area contributed by atoms with E-state index in [4.69, 9.17) is 14.6 Å². The van der Waals surface area contributed by atoms with Gasteiger partial charge in [0.2, 0.25) is 0 Å². The molecule has 0 bridgehead atoms. The van der Waals surface area contributed by atoms with Gasteiger partial charge in [-0.05, 0) is 6.92 Å². The van der Waals surface area contributed by atoms with Crippen LogP contribution in [-0.4, -0.2) is 61.8 Å². The number of carboxylic acid groups (broad SMARTS) is 1. The van der Waals surface area contributed by atoms with E-state index in [0.29, 0.717) is 13.0 Å². The highest BCUT2D eigenvalue weighted by Gasteiger charge is 2.24. The van der Waals surface area contributed by atoms with Gasteiger partial charge in [0, 0.05) is 33.8 Å². The normalized spacial score (nSPS) is 16.8. The summed E-state index contributed by atoms with van der Waals surface area (Å²) in [7, 11) is 2.98. The van der Waals surface area contributed by atoms with Crippen molar-refractivity contribution in [2.24, 2.45) is 0 Å². The van der Waals surface area contributed by atoms with Gasteiger partial charge in [-0.25, -0.2) is 0 Å². The molecule has 0 aliphatic rings. The number of rotatable bonds is 9. The highest BCUT2D eigenvalue weighted by atomic mass is 16.5. The van der Waals surface area contributed by atoms with Crippen molar-refractivity contribution >= 4 is 5.97 Å². The van der Waals surface area contributed by atoms with Crippen LogP contribution in [0.3, 0.4) is 0 Å². The second kappa shape index (κ2) is 7.56. The lowest BCUT2D eigenvalue weighted by Crippen LogP contribution is -2.48. The Hall–Kier alpha value is -0.690. The molecule has 2 atom stereocenters. The minimum absolute atomic E-state index is 0.0652. The molecule has 0 aromatic rings. The molecule has 0 aromatic carbocycles. The Morgan fingerprint density at radius 3 is 2.50 bits per heavy atom. The molecule has 0 aliphatic carbocycles. The highest BCUT2D eigenvalue weighted by Crippen LogP contribution is 2.07. The molecule has 0 amide bonds. The minimum Gasteiger partial charge on any atom is -0.480 e. The third-order valence-corrected chi connectivity index (χ3v) is 2.21. The van der Waals surface area contributed by atoms with Gasteiger partial charge in [-0.1, -0.05) is 0 Å². The molecule has 0 fully saturated rings. The van der Waals surface area contributed by atoms with Crippen LogP contribution in [0, 0.1) is 0 Å². The summed E-state index contributed by atoms with van der Waals surface area (Å²) in [5.74, 6) is -0.996. The van der Waals surface area contributed by atoms with Crippen LogP contribution in [0.1, 0.15) is 13.3 Å². The second-order valence-electron chi connectivity index (χ2n) is 3.97. The first-order valence-electron chi connectivity index (χ1n) is 5.09. The van der Waals surface area contributed by atoms with E-state index in [9.17, 15) is 9.90 Å². The molecule has 96 valence electrons. The Morgan fingerprint density at radius 2 is 2.06 bits per heavy atom. The maximum absolute atomic E-state index is 10.8. The summed E-state index contributed by atoms with van der Waals surface area (Å²) < 4.78 is 9.61. The SMILES string of the molecule is COCCC(C)(O)CNC(COC)C(=O)O. The summed E-state index contributed by atoms with van der Waals surface area (Å²) in [6.07, 6.45) is 0.440. The Labute approximate surface area is 95.6 Å². The standard InChI is InChI=1S/C10H21NO5/c1-10(14,4-5-15-2)7-11-8(6-16-3)9(12)13/h8,11,14H,4-7H2,1-3H3,(H,12,13). The molecule has 0 aromatic heterocycles. The summed E-state index contributed by atoms with van der Waals surface area (Å²) in [6.45, 7) is 2.30. The maximum Gasteiger partial charge on any atom is 0.323 e. The van der Waals surface area contributed by atoms with E-state index in [1.54, 1.807) is 14.0 Å². The van der Waals surface area contributed by atoms with Crippen LogP contribution < -0.4 is 5.32 Å². The largest absolute Gasteiger partial charge is 0.480 e. The third-order valence-electron chi connectivity index (χ3n) is 2.21. The fourth-order valence-electron chi connectivity index (χ4n) is 1.14. The van der Waals surface area contributed by atoms with Gasteiger partial charge >= 0.3 is 5.97 Å². The summed E-state index contributed by atoms with van der Waals surface area (Å²) in [5, 5.41) is 21.4. The number of carboxylic acids is 1. The molecule has 0 spiro atoms. The lowest BCUT2D eigenvalue weighted by atomic mass is 10.0. The van der Waals surface area contributed by atoms with Gasteiger partial charge in [0.25, 0.3) is 0 Å². The van der Waals surface area contributed by atoms with Crippen molar-refractivity contribution < 1.29 is 24.5 Å². The molecule has 3 N–H and O–H groups in total. The lowest BCUT2D eigenvalue weighted by Gasteiger charge is -2.25. The molecule has 0 rings (SSSR count). The van der Waals surface area contributed by atoms with Crippen LogP contribution in [0.5, 0.6) is 0 Å². The molecule has 0 aliphatic heterocycles. The quantitative estimate of drug-likeness (QED) is 0.497. The lowest BCUT2D eigenvalue weighted by molar-refractivity contribution is -0.141. The van der Waals surface area contributed by atoms with Crippen LogP contribution in [-0.2, 0) is 14.3 Å². The van der Waals surface area contributed by atoms with Gasteiger partial charge in [-0.3, -0.25) is 10.1 Å². The number of aliphatic hydroxyl groups is 1. The molecule has 6 nitrogen and oxygen atoms in total. The summed E-state index contributed by atoms with van der Waals surface area (Å²) in [6, 6.07) is -0.806. The van der Waals surface area contributed by atoms with E-state index in [2.05, 4.69) is 5.32 Å². The van der Waals surface area contributed by atoms with Gasteiger partial charge < -0.3 is 19.7 Å². The van der Waals surface area contributed by atoms with E-state index in [1.165, 1.54) is 7.11 Å². The fourth-order valence-corrected chi connectivity index (χ4v) is 1.14. The zero-order chi connectivity index (χ0) is 12.6. The number of hydrogen-bond donors (Lipinski definition) is 3. The zero-order valence-electron chi connectivity index (χ0n) is 10.0. The first-order chi connectivity index (χ1) is 7.43. The summed E-state index contributed by atoms with van der Waals surface area (Å²) in [5.41, 5.74) is -0.989. The maximum atomic E-state index is 10.8. The van der Waals surface area contributed by atoms with E-state index < -0.39 is 17.6 Å². The van der Waals surface area contributed by atoms with E-state index in [-0.39, 0.29) is 13.2 Å². The van der Waals surface area contributed by atoms with Crippen molar-refractivity contribution in [1.29, 1.82) is 0 Å². The molecule has 0 heterocycles. The molecule has 2 unspecified atom stereocenters. The number of nitrogens with one attached hydrogen (secondary N) is 1. The molecule has 0 saturated carbocycles. The van der Waals surface area contributed by atoms with Crippen molar-refractivity contribution in [3.05, 3.63) is 0 Å². The number of ether oxygens (including phenoxy) is 2. The molecule has 0 radical (unpaired) electrons. The van der Waals surface area contributed by atoms with Gasteiger partial charge in [0.05, 0.1) is 12.2 Å². The average molecular weight is 235 g/mol. The molecule has 6 heteroatoms. The summed E-state index contributed by atoms with van der Waals surface area (Å²) >= 11 is 0. The van der Waals surface area contributed by atoms with Gasteiger partial charge in [0.15, 0.2) is 0 Å². The first-order valence-corrected chi connectivity index (χ1v) is 5.09. The Bertz CT molecular complexity index is 207. The Kier molecular flexibility index (Phi) is 7.24. The van der Waals surface area contributed by atoms with Gasteiger partial charge in [-0.15, -0.1) is 0 Å². The average Bonchev–Trinajstić information content (AvgIpc) is 2.21. The van der Waals surface area contributed by atoms with Crippen molar-refractivity contribution in [3.8, 4) is 0 Å². The monoisotopic (exact) mass is 235 g/mol. The van der Waals surface area contributed by atoms with Crippen molar-refractivity contribution in [2.75, 3.05) is 34.0 Å². The molecular weight excluding hydrogens is 214 g/mol. The van der Waals surface area contributed by atoms with Crippen LogP contribution in [0.2, 0.25) is 0 Å². The first kappa shape index (κ1) is 15.3. The molecular formula is C10H21NO5. The predicted molar refractivity (Wildman–Crippen MR) is 58.4 cm³/mol. The molecule has 0 saturated heterocycles. The molecule has 16 heavy (non-hydrogen) atoms. The highest BCUT2D eigenvalue weighted by molar-refractivity contribution is 5.73. The third kappa shape index (κ3) is 6.73. The predicted octanol–water partition coefficient (Wildman–Crippen LogP) is -0.537. The van der Waals surface area contributed by atoms with Crippen molar-refractivity contribution in [2.45, 2.75) is 25.0 Å². The van der Waals surface area contributed by atoms with Crippen LogP contribution >= 0.6 is 0 Å². The van der Waals surface area contributed by atoms with E-state index in [1.807, 2.05) is 0 Å². The van der Waals surface area contributed by atoms with Crippen LogP contribution in [0.4, 0.5) is 0 Å². The van der Waals surface area contributed by atoms with Gasteiger partial charge in [-0.2, -0.15) is 0 Å². The number of hydrogen-bond acceptors (Lipinski definition) is 5. The minimum atomic E-state index is -0.996. The van der Waals surface area contributed by atoms with Crippen molar-refractivity contribution in [3.63, 3.8) is 0 Å². The van der Waals surface area contributed by atoms with E-state index >= 15 is 0 Å². The second-order valence-corrected chi connectivity index (χ2v) is 3.97. The number of aliphatic carboxylic acids is 1. The van der Waals surface area contributed by atoms with Crippen LogP contribution in [0.15, 0.2) is 0 Å². The van der Waals surface area contributed by atoms with Crippen LogP contribution in [0.25, 0.3) is 0 Å². The summed E-state index contributed by atoms with van der Waals surface area (Å²) in [4.78, 5) is 10.8. The topological polar surface area (TPSA) is 88.0 Å².